The van der Waals surface area contributed by atoms with E-state index in [4.69, 9.17) is 9.47 Å². The first kappa shape index (κ1) is 26.7. The first-order chi connectivity index (χ1) is 18.3. The van der Waals surface area contributed by atoms with Crippen molar-refractivity contribution in [1.82, 2.24) is 5.32 Å². The van der Waals surface area contributed by atoms with E-state index in [-0.39, 0.29) is 19.3 Å². The fourth-order valence-electron chi connectivity index (χ4n) is 4.53. The van der Waals surface area contributed by atoms with Crippen LogP contribution in [0.5, 0.6) is 11.5 Å². The lowest BCUT2D eigenvalue weighted by Gasteiger charge is -2.25. The minimum atomic E-state index is -1.53. The van der Waals surface area contributed by atoms with Crippen LogP contribution in [0, 0.1) is 29.6 Å². The molecule has 0 aliphatic heterocycles. The third-order valence-electron chi connectivity index (χ3n) is 6.87. The van der Waals surface area contributed by atoms with Crippen LogP contribution in [0.4, 0.5) is 0 Å². The molecule has 0 fully saturated rings. The molecule has 3 N–H and O–H groups in total. The molecule has 0 bridgehead atoms. The standard InChI is InChI=1S/C30H29N3O5/c1-19-4-3-5-26-25(19)8-9-27(26)38-24-7-6-23(16-33-30(2,18-34)29(35)36)28(13-24)37-17-22-11-20(14-31)10-21(12-22)15-32/h3-7,10-13,27,33-34H,8-9,16-18H2,1-2H3,(H,35,36)/t27-,30-/m0/s1. The number of aliphatic carboxylic acids is 1. The smallest absolute Gasteiger partial charge is 0.326 e. The monoisotopic (exact) mass is 511 g/mol. The summed E-state index contributed by atoms with van der Waals surface area (Å²) in [6.07, 6.45) is 1.73. The summed E-state index contributed by atoms with van der Waals surface area (Å²) in [5, 5.41) is 40.6. The predicted molar refractivity (Wildman–Crippen MR) is 139 cm³/mol. The van der Waals surface area contributed by atoms with Crippen molar-refractivity contribution in [3.63, 3.8) is 0 Å². The number of aliphatic hydroxyl groups excluding tert-OH is 1. The number of carbonyl (C=O) groups is 1. The van der Waals surface area contributed by atoms with Crippen LogP contribution in [0.15, 0.2) is 54.6 Å². The minimum absolute atomic E-state index is 0.0856. The average molecular weight is 512 g/mol. The SMILES string of the molecule is Cc1cccc2c1CC[C@@H]2Oc1ccc(CN[C@@](C)(CO)C(=O)O)c(OCc2cc(C#N)cc(C#N)c2)c1. The second kappa shape index (κ2) is 11.4. The molecule has 2 atom stereocenters. The number of ether oxygens (including phenoxy) is 2. The first-order valence-electron chi connectivity index (χ1n) is 12.3. The Morgan fingerprint density at radius 2 is 1.87 bits per heavy atom. The van der Waals surface area contributed by atoms with Crippen LogP contribution >= 0.6 is 0 Å². The van der Waals surface area contributed by atoms with Crippen molar-refractivity contribution in [1.29, 1.82) is 10.5 Å². The van der Waals surface area contributed by atoms with Crippen molar-refractivity contribution < 1.29 is 24.5 Å². The molecule has 194 valence electrons. The Balaban J connectivity index is 1.60. The molecule has 0 amide bonds. The van der Waals surface area contributed by atoms with Crippen molar-refractivity contribution in [3.05, 3.63) is 93.5 Å². The van der Waals surface area contributed by atoms with Crippen molar-refractivity contribution in [2.75, 3.05) is 6.61 Å². The topological polar surface area (TPSA) is 136 Å². The van der Waals surface area contributed by atoms with Crippen LogP contribution < -0.4 is 14.8 Å². The Bertz CT molecular complexity index is 1410. The quantitative estimate of drug-likeness (QED) is 0.366. The van der Waals surface area contributed by atoms with Gasteiger partial charge in [-0.25, -0.2) is 0 Å². The van der Waals surface area contributed by atoms with Gasteiger partial charge in [0.05, 0.1) is 29.9 Å². The van der Waals surface area contributed by atoms with Gasteiger partial charge < -0.3 is 19.7 Å². The molecule has 0 saturated heterocycles. The third-order valence-corrected chi connectivity index (χ3v) is 6.87. The first-order valence-corrected chi connectivity index (χ1v) is 12.3. The normalized spacial score (nSPS) is 15.6. The van der Waals surface area contributed by atoms with E-state index in [1.54, 1.807) is 24.3 Å². The Labute approximate surface area is 221 Å². The third kappa shape index (κ3) is 5.78. The molecule has 3 aromatic carbocycles. The molecule has 0 spiro atoms. The van der Waals surface area contributed by atoms with Crippen LogP contribution in [0.2, 0.25) is 0 Å². The summed E-state index contributed by atoms with van der Waals surface area (Å²) in [5.41, 5.74) is 4.25. The summed E-state index contributed by atoms with van der Waals surface area (Å²) in [6, 6.07) is 20.5. The molecule has 0 heterocycles. The molecule has 1 aliphatic rings. The van der Waals surface area contributed by atoms with E-state index in [2.05, 4.69) is 36.5 Å². The van der Waals surface area contributed by atoms with Gasteiger partial charge in [0, 0.05) is 18.2 Å². The maximum absolute atomic E-state index is 11.6. The average Bonchev–Trinajstić information content (AvgIpc) is 3.34. The van der Waals surface area contributed by atoms with E-state index in [0.29, 0.717) is 33.8 Å². The molecule has 0 radical (unpaired) electrons. The molecule has 0 aromatic heterocycles. The van der Waals surface area contributed by atoms with Crippen molar-refractivity contribution in [2.24, 2.45) is 0 Å². The van der Waals surface area contributed by atoms with Gasteiger partial charge in [0.2, 0.25) is 0 Å². The van der Waals surface area contributed by atoms with Gasteiger partial charge in [0.1, 0.15) is 29.7 Å². The molecule has 4 rings (SSSR count). The Hall–Kier alpha value is -4.37. The summed E-state index contributed by atoms with van der Waals surface area (Å²) in [7, 11) is 0. The van der Waals surface area contributed by atoms with Gasteiger partial charge in [0.15, 0.2) is 0 Å². The number of nitrogens with zero attached hydrogens (tertiary/aromatic N) is 2. The number of nitriles is 2. The Kier molecular flexibility index (Phi) is 7.97. The lowest BCUT2D eigenvalue weighted by Crippen LogP contribution is -2.52. The van der Waals surface area contributed by atoms with Crippen LogP contribution in [-0.4, -0.2) is 28.3 Å². The van der Waals surface area contributed by atoms with Crippen molar-refractivity contribution in [3.8, 4) is 23.6 Å². The summed E-state index contributed by atoms with van der Waals surface area (Å²) < 4.78 is 12.5. The summed E-state index contributed by atoms with van der Waals surface area (Å²) in [5.74, 6) is -0.103. The predicted octanol–water partition coefficient (Wildman–Crippen LogP) is 4.31. The molecule has 0 saturated carbocycles. The number of carboxylic acid groups (broad SMARTS) is 1. The lowest BCUT2D eigenvalue weighted by molar-refractivity contribution is -0.145. The summed E-state index contributed by atoms with van der Waals surface area (Å²) in [4.78, 5) is 11.6. The van der Waals surface area contributed by atoms with Gasteiger partial charge in [-0.2, -0.15) is 10.5 Å². The van der Waals surface area contributed by atoms with E-state index < -0.39 is 18.1 Å². The summed E-state index contributed by atoms with van der Waals surface area (Å²) in [6.45, 7) is 3.13. The van der Waals surface area contributed by atoms with E-state index in [1.807, 2.05) is 12.1 Å². The zero-order valence-corrected chi connectivity index (χ0v) is 21.3. The van der Waals surface area contributed by atoms with Crippen molar-refractivity contribution >= 4 is 5.97 Å². The number of benzene rings is 3. The number of hydrogen-bond acceptors (Lipinski definition) is 7. The van der Waals surface area contributed by atoms with Gasteiger partial charge >= 0.3 is 5.97 Å². The highest BCUT2D eigenvalue weighted by atomic mass is 16.5. The Morgan fingerprint density at radius 1 is 1.13 bits per heavy atom. The molecule has 3 aromatic rings. The van der Waals surface area contributed by atoms with Crippen LogP contribution in [0.1, 0.15) is 58.4 Å². The highest BCUT2D eigenvalue weighted by Crippen LogP contribution is 2.38. The molecule has 38 heavy (non-hydrogen) atoms. The molecule has 8 nitrogen and oxygen atoms in total. The number of rotatable bonds is 10. The largest absolute Gasteiger partial charge is 0.488 e. The second-order valence-corrected chi connectivity index (χ2v) is 9.64. The number of aryl methyl sites for hydroxylation is 1. The van der Waals surface area contributed by atoms with Gasteiger partial charge in [-0.05, 0) is 73.2 Å². The van der Waals surface area contributed by atoms with Gasteiger partial charge in [-0.1, -0.05) is 24.3 Å². The van der Waals surface area contributed by atoms with Crippen LogP contribution in [0.3, 0.4) is 0 Å². The molecular formula is C30H29N3O5. The zero-order valence-electron chi connectivity index (χ0n) is 21.3. The zero-order chi connectivity index (χ0) is 27.3. The molecular weight excluding hydrogens is 482 g/mol. The van der Waals surface area contributed by atoms with Gasteiger partial charge in [-0.3, -0.25) is 10.1 Å². The van der Waals surface area contributed by atoms with Crippen molar-refractivity contribution in [2.45, 2.75) is 51.5 Å². The van der Waals surface area contributed by atoms with E-state index >= 15 is 0 Å². The van der Waals surface area contributed by atoms with E-state index in [9.17, 15) is 25.5 Å². The minimum Gasteiger partial charge on any atom is -0.488 e. The summed E-state index contributed by atoms with van der Waals surface area (Å²) >= 11 is 0. The Morgan fingerprint density at radius 3 is 2.53 bits per heavy atom. The molecule has 1 aliphatic carbocycles. The number of fused-ring (bicyclic) bond motifs is 1. The van der Waals surface area contributed by atoms with Gasteiger partial charge in [-0.15, -0.1) is 0 Å². The number of hydrogen-bond donors (Lipinski definition) is 3. The van der Waals surface area contributed by atoms with Gasteiger partial charge in [0.25, 0.3) is 0 Å². The fourth-order valence-corrected chi connectivity index (χ4v) is 4.53. The second-order valence-electron chi connectivity index (χ2n) is 9.64. The highest BCUT2D eigenvalue weighted by Gasteiger charge is 2.32. The maximum Gasteiger partial charge on any atom is 0.326 e. The van der Waals surface area contributed by atoms with Crippen LogP contribution in [0.25, 0.3) is 0 Å². The maximum atomic E-state index is 11.6. The number of carboxylic acids is 1. The van der Waals surface area contributed by atoms with Crippen LogP contribution in [-0.2, 0) is 24.4 Å². The van der Waals surface area contributed by atoms with E-state index in [0.717, 1.165) is 12.8 Å². The number of nitrogens with one attached hydrogen (secondary N) is 1. The highest BCUT2D eigenvalue weighted by molar-refractivity contribution is 5.78. The molecule has 8 heteroatoms. The fraction of sp³-hybridized carbons (Fsp3) is 0.300. The van der Waals surface area contributed by atoms with E-state index in [1.165, 1.54) is 29.7 Å². The molecule has 0 unspecified atom stereocenters. The lowest BCUT2D eigenvalue weighted by atomic mass is 10.0. The number of aliphatic hydroxyl groups is 1.